The van der Waals surface area contributed by atoms with E-state index in [0.29, 0.717) is 11.4 Å². The zero-order valence-corrected chi connectivity index (χ0v) is 11.8. The first-order valence-corrected chi connectivity index (χ1v) is 6.71. The highest BCUT2D eigenvalue weighted by atomic mass is 35.5. The van der Waals surface area contributed by atoms with Crippen LogP contribution in [-0.2, 0) is 6.42 Å². The zero-order chi connectivity index (χ0) is 13.8. The fraction of sp³-hybridized carbons (Fsp3) is 0.333. The fourth-order valence-electron chi connectivity index (χ4n) is 2.15. The molecule has 0 saturated carbocycles. The summed E-state index contributed by atoms with van der Waals surface area (Å²) >= 11 is 6.08. The van der Waals surface area contributed by atoms with Crippen molar-refractivity contribution in [1.29, 1.82) is 0 Å². The summed E-state index contributed by atoms with van der Waals surface area (Å²) in [6.07, 6.45) is 2.35. The van der Waals surface area contributed by atoms with Gasteiger partial charge in [-0.15, -0.1) is 0 Å². The van der Waals surface area contributed by atoms with Crippen molar-refractivity contribution in [2.75, 3.05) is 6.54 Å². The standard InChI is InChI=1S/C15H17ClFNO/c1-3-18-14(15-10(2)6-7-19-15)8-11-4-5-12(17)9-13(11)16/h4-7,9,14,18H,3,8H2,1-2H3. The summed E-state index contributed by atoms with van der Waals surface area (Å²) in [5.41, 5.74) is 2.01. The number of furan rings is 1. The summed E-state index contributed by atoms with van der Waals surface area (Å²) < 4.78 is 18.6. The first-order valence-electron chi connectivity index (χ1n) is 6.33. The van der Waals surface area contributed by atoms with E-state index in [1.807, 2.05) is 19.9 Å². The van der Waals surface area contributed by atoms with Gasteiger partial charge in [0.25, 0.3) is 0 Å². The Labute approximate surface area is 117 Å². The molecule has 1 heterocycles. The molecule has 0 aliphatic carbocycles. The van der Waals surface area contributed by atoms with E-state index >= 15 is 0 Å². The van der Waals surface area contributed by atoms with Crippen molar-refractivity contribution in [1.82, 2.24) is 5.32 Å². The van der Waals surface area contributed by atoms with Gasteiger partial charge in [0.15, 0.2) is 0 Å². The van der Waals surface area contributed by atoms with Crippen LogP contribution in [0.1, 0.15) is 29.9 Å². The topological polar surface area (TPSA) is 25.2 Å². The van der Waals surface area contributed by atoms with Crippen LogP contribution in [0.5, 0.6) is 0 Å². The third-order valence-electron chi connectivity index (χ3n) is 3.11. The lowest BCUT2D eigenvalue weighted by molar-refractivity contribution is 0.413. The molecule has 0 aliphatic heterocycles. The van der Waals surface area contributed by atoms with Crippen molar-refractivity contribution >= 4 is 11.6 Å². The molecular weight excluding hydrogens is 265 g/mol. The maximum atomic E-state index is 13.1. The quantitative estimate of drug-likeness (QED) is 0.885. The second-order valence-electron chi connectivity index (χ2n) is 4.52. The number of likely N-dealkylation sites (N-methyl/N-ethyl adjacent to an activating group) is 1. The van der Waals surface area contributed by atoms with Crippen LogP contribution in [0.25, 0.3) is 0 Å². The van der Waals surface area contributed by atoms with E-state index < -0.39 is 0 Å². The molecule has 19 heavy (non-hydrogen) atoms. The van der Waals surface area contributed by atoms with Crippen LogP contribution in [0.3, 0.4) is 0 Å². The Morgan fingerprint density at radius 3 is 2.74 bits per heavy atom. The molecule has 4 heteroatoms. The van der Waals surface area contributed by atoms with E-state index in [9.17, 15) is 4.39 Å². The second-order valence-corrected chi connectivity index (χ2v) is 4.93. The van der Waals surface area contributed by atoms with Crippen LogP contribution >= 0.6 is 11.6 Å². The first-order chi connectivity index (χ1) is 9.11. The lowest BCUT2D eigenvalue weighted by Gasteiger charge is -2.17. The van der Waals surface area contributed by atoms with Crippen LogP contribution in [0.15, 0.2) is 34.9 Å². The van der Waals surface area contributed by atoms with Gasteiger partial charge in [-0.25, -0.2) is 4.39 Å². The minimum atomic E-state index is -0.317. The molecule has 1 N–H and O–H groups in total. The Morgan fingerprint density at radius 1 is 1.37 bits per heavy atom. The summed E-state index contributed by atoms with van der Waals surface area (Å²) in [5, 5.41) is 3.82. The summed E-state index contributed by atoms with van der Waals surface area (Å²) in [6.45, 7) is 4.87. The molecule has 0 saturated heterocycles. The molecule has 1 atom stereocenters. The van der Waals surface area contributed by atoms with Crippen molar-refractivity contribution in [2.45, 2.75) is 26.3 Å². The van der Waals surface area contributed by atoms with E-state index in [-0.39, 0.29) is 11.9 Å². The summed E-state index contributed by atoms with van der Waals surface area (Å²) in [4.78, 5) is 0. The Kier molecular flexibility index (Phi) is 4.61. The van der Waals surface area contributed by atoms with Crippen LogP contribution in [0.4, 0.5) is 4.39 Å². The Morgan fingerprint density at radius 2 is 2.16 bits per heavy atom. The highest BCUT2D eigenvalue weighted by Crippen LogP contribution is 2.26. The third kappa shape index (κ3) is 3.37. The minimum absolute atomic E-state index is 0.0444. The molecule has 0 spiro atoms. The largest absolute Gasteiger partial charge is 0.467 e. The molecule has 1 aromatic heterocycles. The molecule has 2 nitrogen and oxygen atoms in total. The fourth-order valence-corrected chi connectivity index (χ4v) is 2.40. The van der Waals surface area contributed by atoms with Gasteiger partial charge in [-0.05, 0) is 49.2 Å². The van der Waals surface area contributed by atoms with E-state index in [1.54, 1.807) is 12.3 Å². The van der Waals surface area contributed by atoms with Crippen molar-refractivity contribution in [2.24, 2.45) is 0 Å². The number of rotatable bonds is 5. The predicted molar refractivity (Wildman–Crippen MR) is 75.0 cm³/mol. The predicted octanol–water partition coefficient (Wildman–Crippen LogP) is 4.27. The van der Waals surface area contributed by atoms with Gasteiger partial charge in [0.2, 0.25) is 0 Å². The minimum Gasteiger partial charge on any atom is -0.467 e. The number of hydrogen-bond acceptors (Lipinski definition) is 2. The zero-order valence-electron chi connectivity index (χ0n) is 11.0. The van der Waals surface area contributed by atoms with Crippen LogP contribution < -0.4 is 5.32 Å². The van der Waals surface area contributed by atoms with E-state index in [4.69, 9.17) is 16.0 Å². The van der Waals surface area contributed by atoms with Crippen molar-refractivity contribution < 1.29 is 8.81 Å². The van der Waals surface area contributed by atoms with E-state index in [2.05, 4.69) is 5.32 Å². The smallest absolute Gasteiger partial charge is 0.124 e. The molecule has 0 radical (unpaired) electrons. The van der Waals surface area contributed by atoms with Crippen molar-refractivity contribution in [3.8, 4) is 0 Å². The second kappa shape index (κ2) is 6.22. The highest BCUT2D eigenvalue weighted by Gasteiger charge is 2.18. The maximum Gasteiger partial charge on any atom is 0.124 e. The lowest BCUT2D eigenvalue weighted by atomic mass is 10.0. The van der Waals surface area contributed by atoms with Gasteiger partial charge in [0.05, 0.1) is 12.3 Å². The first kappa shape index (κ1) is 14.1. The highest BCUT2D eigenvalue weighted by molar-refractivity contribution is 6.31. The van der Waals surface area contributed by atoms with Gasteiger partial charge in [-0.1, -0.05) is 24.6 Å². The Balaban J connectivity index is 2.24. The van der Waals surface area contributed by atoms with E-state index in [0.717, 1.165) is 23.4 Å². The molecule has 1 unspecified atom stereocenters. The average molecular weight is 282 g/mol. The molecule has 0 fully saturated rings. The Hall–Kier alpha value is -1.32. The van der Waals surface area contributed by atoms with Crippen molar-refractivity contribution in [3.63, 3.8) is 0 Å². The van der Waals surface area contributed by atoms with Gasteiger partial charge in [0, 0.05) is 5.02 Å². The number of halogens is 2. The van der Waals surface area contributed by atoms with Crippen LogP contribution in [0, 0.1) is 12.7 Å². The van der Waals surface area contributed by atoms with Crippen molar-refractivity contribution in [3.05, 3.63) is 58.3 Å². The number of benzene rings is 1. The molecule has 1 aromatic carbocycles. The van der Waals surface area contributed by atoms with E-state index in [1.165, 1.54) is 12.1 Å². The molecule has 102 valence electrons. The lowest BCUT2D eigenvalue weighted by Crippen LogP contribution is -2.23. The summed E-state index contributed by atoms with van der Waals surface area (Å²) in [5.74, 6) is 0.588. The average Bonchev–Trinajstić information content (AvgIpc) is 2.78. The Bertz CT molecular complexity index is 553. The normalized spacial score (nSPS) is 12.6. The molecule has 2 aromatic rings. The molecular formula is C15H17ClFNO. The molecule has 0 bridgehead atoms. The van der Waals surface area contributed by atoms with Gasteiger partial charge >= 0.3 is 0 Å². The molecule has 0 amide bonds. The number of hydrogen-bond donors (Lipinski definition) is 1. The van der Waals surface area contributed by atoms with Gasteiger partial charge < -0.3 is 9.73 Å². The third-order valence-corrected chi connectivity index (χ3v) is 3.46. The summed E-state index contributed by atoms with van der Waals surface area (Å²) in [6, 6.07) is 6.48. The number of aryl methyl sites for hydroxylation is 1. The number of nitrogens with one attached hydrogen (secondary N) is 1. The SMILES string of the molecule is CCNC(Cc1ccc(F)cc1Cl)c1occc1C. The molecule has 2 rings (SSSR count). The monoisotopic (exact) mass is 281 g/mol. The van der Waals surface area contributed by atoms with Gasteiger partial charge in [0.1, 0.15) is 11.6 Å². The van der Waals surface area contributed by atoms with Gasteiger partial charge in [-0.2, -0.15) is 0 Å². The van der Waals surface area contributed by atoms with Crippen LogP contribution in [0.2, 0.25) is 5.02 Å². The summed E-state index contributed by atoms with van der Waals surface area (Å²) in [7, 11) is 0. The maximum absolute atomic E-state index is 13.1. The molecule has 0 aliphatic rings. The van der Waals surface area contributed by atoms with Gasteiger partial charge in [-0.3, -0.25) is 0 Å². The van der Waals surface area contributed by atoms with Crippen LogP contribution in [-0.4, -0.2) is 6.54 Å².